The van der Waals surface area contributed by atoms with Crippen LogP contribution in [0.25, 0.3) is 11.0 Å². The molecule has 11 nitrogen and oxygen atoms in total. The topological polar surface area (TPSA) is 132 Å². The van der Waals surface area contributed by atoms with Gasteiger partial charge in [0.05, 0.1) is 66.8 Å². The van der Waals surface area contributed by atoms with E-state index < -0.39 is 24.7 Å². The molecule has 1 aliphatic heterocycles. The summed E-state index contributed by atoms with van der Waals surface area (Å²) in [7, 11) is -2.57. The molecule has 2 atom stereocenters. The maximum absolute atomic E-state index is 13.1. The van der Waals surface area contributed by atoms with E-state index in [1.165, 1.54) is 0 Å². The van der Waals surface area contributed by atoms with Crippen LogP contribution in [0.2, 0.25) is 0 Å². The van der Waals surface area contributed by atoms with Gasteiger partial charge in [0.2, 0.25) is 0 Å². The molecular weight excluding hydrogens is 543 g/mol. The molecule has 0 bridgehead atoms. The Morgan fingerprint density at radius 1 is 1.17 bits per heavy atom. The lowest BCUT2D eigenvalue weighted by atomic mass is 9.68. The van der Waals surface area contributed by atoms with Gasteiger partial charge in [0.25, 0.3) is 0 Å². The van der Waals surface area contributed by atoms with E-state index in [-0.39, 0.29) is 18.6 Å². The Kier molecular flexibility index (Phi) is 7.70. The molecule has 5 rings (SSSR count). The molecule has 1 saturated carbocycles. The minimum Gasteiger partial charge on any atom is -0.441 e. The third kappa shape index (κ3) is 6.45. The van der Waals surface area contributed by atoms with Crippen LogP contribution >= 0.6 is 7.37 Å². The number of nitriles is 1. The number of fused-ring (bicyclic) bond motifs is 1. The molecule has 218 valence electrons. The molecule has 12 heteroatoms. The summed E-state index contributed by atoms with van der Waals surface area (Å²) in [5.41, 5.74) is 1.51. The van der Waals surface area contributed by atoms with Crippen molar-refractivity contribution in [2.75, 3.05) is 38.0 Å². The van der Waals surface area contributed by atoms with Crippen molar-refractivity contribution < 1.29 is 23.4 Å². The number of rotatable bonds is 9. The van der Waals surface area contributed by atoms with Gasteiger partial charge in [-0.2, -0.15) is 5.26 Å². The monoisotopic (exact) mass is 580 g/mol. The van der Waals surface area contributed by atoms with E-state index in [0.29, 0.717) is 36.6 Å². The lowest BCUT2D eigenvalue weighted by Gasteiger charge is -2.43. The summed E-state index contributed by atoms with van der Waals surface area (Å²) in [4.78, 5) is 28.3. The van der Waals surface area contributed by atoms with Crippen LogP contribution in [-0.2, 0) is 30.7 Å². The number of aromatic nitrogens is 4. The van der Waals surface area contributed by atoms with Crippen LogP contribution in [0.1, 0.15) is 57.7 Å². The van der Waals surface area contributed by atoms with Crippen LogP contribution < -0.4 is 4.90 Å². The van der Waals surface area contributed by atoms with E-state index >= 15 is 0 Å². The number of anilines is 1. The van der Waals surface area contributed by atoms with E-state index in [0.717, 1.165) is 30.3 Å². The molecule has 0 unspecified atom stereocenters. The zero-order valence-electron chi connectivity index (χ0n) is 24.3. The molecule has 1 aliphatic carbocycles. The summed E-state index contributed by atoms with van der Waals surface area (Å²) in [6, 6.07) is 7.73. The molecule has 0 radical (unpaired) electrons. The van der Waals surface area contributed by atoms with E-state index in [1.54, 1.807) is 36.7 Å². The fourth-order valence-electron chi connectivity index (χ4n) is 6.01. The number of benzene rings is 1. The van der Waals surface area contributed by atoms with Crippen molar-refractivity contribution in [1.29, 1.82) is 5.26 Å². The van der Waals surface area contributed by atoms with Crippen molar-refractivity contribution in [3.8, 4) is 6.07 Å². The third-order valence-corrected chi connectivity index (χ3v) is 8.72. The van der Waals surface area contributed by atoms with E-state index in [1.807, 2.05) is 32.3 Å². The molecule has 2 aliphatic rings. The van der Waals surface area contributed by atoms with Crippen molar-refractivity contribution in [2.24, 2.45) is 5.41 Å². The Morgan fingerprint density at radius 3 is 2.68 bits per heavy atom. The smallest absolute Gasteiger partial charge is 0.416 e. The second-order valence-corrected chi connectivity index (χ2v) is 15.1. The number of hydrogen-bond donors (Lipinski definition) is 0. The van der Waals surface area contributed by atoms with Crippen LogP contribution in [0.4, 0.5) is 10.6 Å². The highest BCUT2D eigenvalue weighted by Gasteiger charge is 2.52. The second kappa shape index (κ2) is 10.8. The zero-order chi connectivity index (χ0) is 29.5. The van der Waals surface area contributed by atoms with Gasteiger partial charge >= 0.3 is 6.09 Å². The van der Waals surface area contributed by atoms with Gasteiger partial charge in [-0.1, -0.05) is 6.92 Å². The quantitative estimate of drug-likeness (QED) is 0.238. The van der Waals surface area contributed by atoms with Gasteiger partial charge in [-0.3, -0.25) is 14.4 Å². The summed E-state index contributed by atoms with van der Waals surface area (Å²) >= 11 is 0. The summed E-state index contributed by atoms with van der Waals surface area (Å²) in [5.74, 6) is 0.435. The lowest BCUT2D eigenvalue weighted by Crippen LogP contribution is -2.45. The van der Waals surface area contributed by atoms with Gasteiger partial charge in [-0.05, 0) is 63.1 Å². The SMILES string of the molecule is CC(C)(OCCOP(C)(C)=O)c1cnc(N2C[C@@]3(CCC[C@](C)(Cn4cnc5ccc(C#N)cc54)C3)OC2=O)cn1. The first-order chi connectivity index (χ1) is 19.3. The summed E-state index contributed by atoms with van der Waals surface area (Å²) < 4.78 is 31.1. The number of hydrogen-bond acceptors (Lipinski definition) is 9. The predicted molar refractivity (Wildman–Crippen MR) is 154 cm³/mol. The van der Waals surface area contributed by atoms with Crippen molar-refractivity contribution >= 4 is 30.3 Å². The largest absolute Gasteiger partial charge is 0.441 e. The van der Waals surface area contributed by atoms with Crippen LogP contribution in [0.3, 0.4) is 0 Å². The highest BCUT2D eigenvalue weighted by atomic mass is 31.2. The minimum absolute atomic E-state index is 0.130. The third-order valence-electron chi connectivity index (χ3n) is 7.91. The fraction of sp³-hybridized carbons (Fsp3) is 0.552. The van der Waals surface area contributed by atoms with Crippen molar-refractivity contribution in [2.45, 2.75) is 64.2 Å². The molecule has 3 heterocycles. The Hall–Kier alpha value is -3.32. The molecule has 41 heavy (non-hydrogen) atoms. The van der Waals surface area contributed by atoms with Crippen LogP contribution in [0.15, 0.2) is 36.9 Å². The number of amides is 1. The van der Waals surface area contributed by atoms with Crippen molar-refractivity contribution in [3.05, 3.63) is 48.2 Å². The normalized spacial score (nSPS) is 23.2. The Labute approximate surface area is 240 Å². The number of carbonyl (C=O) groups is 1. The van der Waals surface area contributed by atoms with Crippen LogP contribution in [0.5, 0.6) is 0 Å². The lowest BCUT2D eigenvalue weighted by molar-refractivity contribution is -0.0363. The molecule has 1 spiro atoms. The standard InChI is InChI=1S/C29H37N6O5P/c1-27(2,38-11-12-39-41(4,5)37)24-15-32-25(16-31-24)35-19-29(40-26(35)36)10-6-9-28(3,17-29)18-34-20-33-22-8-7-21(14-30)13-23(22)34/h7-8,13,15-16,20H,6,9-12,17-19H2,1-5H3/t28-,29-/m0/s1. The van der Waals surface area contributed by atoms with Gasteiger partial charge < -0.3 is 18.6 Å². The Bertz CT molecular complexity index is 1530. The first kappa shape index (κ1) is 29.2. The highest BCUT2D eigenvalue weighted by Crippen LogP contribution is 2.48. The van der Waals surface area contributed by atoms with Crippen LogP contribution in [0, 0.1) is 16.7 Å². The molecule has 1 saturated heterocycles. The average Bonchev–Trinajstić information content (AvgIpc) is 3.45. The molecular formula is C29H37N6O5P. The summed E-state index contributed by atoms with van der Waals surface area (Å²) in [5, 5.41) is 9.34. The second-order valence-electron chi connectivity index (χ2n) is 12.4. The van der Waals surface area contributed by atoms with E-state index in [2.05, 4.69) is 32.5 Å². The molecule has 1 amide bonds. The highest BCUT2D eigenvalue weighted by molar-refractivity contribution is 7.57. The predicted octanol–water partition coefficient (Wildman–Crippen LogP) is 5.48. The summed E-state index contributed by atoms with van der Waals surface area (Å²) in [6.07, 6.45) is 8.01. The molecule has 3 aromatic rings. The van der Waals surface area contributed by atoms with Gasteiger partial charge in [0, 0.05) is 19.9 Å². The van der Waals surface area contributed by atoms with Gasteiger partial charge in [0.1, 0.15) is 11.2 Å². The molecule has 0 N–H and O–H groups in total. The van der Waals surface area contributed by atoms with Gasteiger partial charge in [-0.25, -0.2) is 14.8 Å². The number of carbonyl (C=O) groups excluding carboxylic acids is 1. The Morgan fingerprint density at radius 2 is 1.98 bits per heavy atom. The van der Waals surface area contributed by atoms with E-state index in [4.69, 9.17) is 14.0 Å². The van der Waals surface area contributed by atoms with Crippen LogP contribution in [-0.4, -0.2) is 64.3 Å². The van der Waals surface area contributed by atoms with E-state index in [9.17, 15) is 14.6 Å². The summed E-state index contributed by atoms with van der Waals surface area (Å²) in [6.45, 7) is 10.7. The van der Waals surface area contributed by atoms with Gasteiger partial charge in [0.15, 0.2) is 13.2 Å². The molecule has 2 fully saturated rings. The zero-order valence-corrected chi connectivity index (χ0v) is 25.2. The fourth-order valence-corrected chi connectivity index (χ4v) is 6.53. The number of ether oxygens (including phenoxy) is 2. The molecule has 2 aromatic heterocycles. The first-order valence-corrected chi connectivity index (χ1v) is 16.3. The maximum atomic E-state index is 13.1. The number of imidazole rings is 1. The first-order valence-electron chi connectivity index (χ1n) is 13.8. The average molecular weight is 581 g/mol. The maximum Gasteiger partial charge on any atom is 0.416 e. The molecule has 1 aromatic carbocycles. The van der Waals surface area contributed by atoms with Crippen molar-refractivity contribution in [1.82, 2.24) is 19.5 Å². The minimum atomic E-state index is -2.57. The van der Waals surface area contributed by atoms with Gasteiger partial charge in [-0.15, -0.1) is 0 Å². The van der Waals surface area contributed by atoms with Crippen molar-refractivity contribution in [3.63, 3.8) is 0 Å². The Balaban J connectivity index is 1.26. The number of nitrogens with zero attached hydrogens (tertiary/aromatic N) is 6.